The van der Waals surface area contributed by atoms with Crippen molar-refractivity contribution >= 4 is 41.5 Å². The molecule has 11 heteroatoms. The van der Waals surface area contributed by atoms with Crippen molar-refractivity contribution in [3.05, 3.63) is 22.8 Å². The van der Waals surface area contributed by atoms with E-state index in [0.717, 1.165) is 12.5 Å². The van der Waals surface area contributed by atoms with Crippen LogP contribution in [-0.2, 0) is 10.9 Å². The number of hydrogen-bond acceptors (Lipinski definition) is 4. The fraction of sp³-hybridized carbons (Fsp3) is 0.625. The monoisotopic (exact) mass is 524 g/mol. The normalized spacial score (nSPS) is 11.7. The second-order valence-electron chi connectivity index (χ2n) is 5.10. The summed E-state index contributed by atoms with van der Waals surface area (Å²) < 4.78 is 48.2. The number of halogens is 5. The first-order chi connectivity index (χ1) is 12.4. The van der Waals surface area contributed by atoms with Crippen LogP contribution in [-0.4, -0.2) is 50.4 Å². The largest absolute Gasteiger partial charge is 0.475 e. The Hall–Kier alpha value is -1.01. The van der Waals surface area contributed by atoms with Crippen molar-refractivity contribution in [1.82, 2.24) is 15.6 Å². The molecule has 0 atom stereocenters. The lowest BCUT2D eigenvalue weighted by atomic mass is 10.3. The van der Waals surface area contributed by atoms with Gasteiger partial charge in [-0.25, -0.2) is 4.98 Å². The van der Waals surface area contributed by atoms with Gasteiger partial charge in [-0.05, 0) is 26.3 Å². The van der Waals surface area contributed by atoms with Crippen LogP contribution in [0, 0.1) is 0 Å². The fourth-order valence-corrected chi connectivity index (χ4v) is 2.07. The smallest absolute Gasteiger partial charge is 0.417 e. The SMILES string of the molecule is CCNC(=NCCCOCC)NCCOc1ncc(C(F)(F)F)cc1Cl.I. The van der Waals surface area contributed by atoms with Gasteiger partial charge in [0.15, 0.2) is 5.96 Å². The molecule has 0 saturated heterocycles. The maximum Gasteiger partial charge on any atom is 0.417 e. The number of ether oxygens (including phenoxy) is 2. The Kier molecular flexibility index (Phi) is 13.5. The van der Waals surface area contributed by atoms with E-state index >= 15 is 0 Å². The number of pyridine rings is 1. The molecule has 27 heavy (non-hydrogen) atoms. The van der Waals surface area contributed by atoms with Gasteiger partial charge in [0.05, 0.1) is 12.1 Å². The highest BCUT2D eigenvalue weighted by Crippen LogP contribution is 2.32. The minimum absolute atomic E-state index is 0. The van der Waals surface area contributed by atoms with Crippen molar-refractivity contribution in [2.45, 2.75) is 26.4 Å². The standard InChI is InChI=1S/C16H24ClF3N4O2.HI/c1-3-21-15(22-6-5-8-25-4-2)23-7-9-26-14-13(17)10-12(11-24-14)16(18,19)20;/h10-11H,3-9H2,1-2H3,(H2,21,22,23);1H. The topological polar surface area (TPSA) is 67.8 Å². The van der Waals surface area contributed by atoms with E-state index in [-0.39, 0.29) is 41.5 Å². The summed E-state index contributed by atoms with van der Waals surface area (Å²) in [5.74, 6) is 0.583. The molecule has 0 aliphatic rings. The number of nitrogens with one attached hydrogen (secondary N) is 2. The average Bonchev–Trinajstić information content (AvgIpc) is 2.58. The van der Waals surface area contributed by atoms with E-state index in [1.807, 2.05) is 13.8 Å². The molecule has 0 amide bonds. The quantitative estimate of drug-likeness (QED) is 0.211. The average molecular weight is 525 g/mol. The van der Waals surface area contributed by atoms with Gasteiger partial charge in [0.2, 0.25) is 5.88 Å². The molecule has 1 heterocycles. The van der Waals surface area contributed by atoms with E-state index in [4.69, 9.17) is 21.1 Å². The van der Waals surface area contributed by atoms with Gasteiger partial charge < -0.3 is 20.1 Å². The number of rotatable bonds is 10. The van der Waals surface area contributed by atoms with E-state index in [1.54, 1.807) is 0 Å². The fourth-order valence-electron chi connectivity index (χ4n) is 1.85. The zero-order valence-electron chi connectivity index (χ0n) is 15.2. The first kappa shape index (κ1) is 26.0. The van der Waals surface area contributed by atoms with E-state index in [2.05, 4.69) is 20.6 Å². The summed E-state index contributed by atoms with van der Waals surface area (Å²) in [5.41, 5.74) is -0.915. The molecular formula is C16H25ClF3IN4O2. The third-order valence-corrected chi connectivity index (χ3v) is 3.30. The molecule has 1 aromatic rings. The highest BCUT2D eigenvalue weighted by Gasteiger charge is 2.31. The number of hydrogen-bond donors (Lipinski definition) is 2. The second kappa shape index (κ2) is 14.1. The van der Waals surface area contributed by atoms with Gasteiger partial charge in [0.25, 0.3) is 0 Å². The summed E-state index contributed by atoms with van der Waals surface area (Å²) in [6, 6.07) is 0.793. The molecule has 6 nitrogen and oxygen atoms in total. The molecule has 0 aliphatic heterocycles. The minimum atomic E-state index is -4.49. The molecule has 0 fully saturated rings. The van der Waals surface area contributed by atoms with Crippen molar-refractivity contribution in [2.24, 2.45) is 4.99 Å². The first-order valence-electron chi connectivity index (χ1n) is 8.34. The predicted molar refractivity (Wildman–Crippen MR) is 110 cm³/mol. The van der Waals surface area contributed by atoms with Crippen LogP contribution in [0.15, 0.2) is 17.3 Å². The third kappa shape index (κ3) is 10.8. The van der Waals surface area contributed by atoms with Crippen LogP contribution < -0.4 is 15.4 Å². The molecule has 0 aromatic carbocycles. The highest BCUT2D eigenvalue weighted by molar-refractivity contribution is 14.0. The van der Waals surface area contributed by atoms with Crippen LogP contribution in [0.2, 0.25) is 5.02 Å². The Morgan fingerprint density at radius 3 is 2.59 bits per heavy atom. The van der Waals surface area contributed by atoms with Gasteiger partial charge in [-0.15, -0.1) is 24.0 Å². The number of alkyl halides is 3. The van der Waals surface area contributed by atoms with E-state index in [1.165, 1.54) is 0 Å². The van der Waals surface area contributed by atoms with Gasteiger partial charge in [0.1, 0.15) is 11.6 Å². The van der Waals surface area contributed by atoms with E-state index < -0.39 is 11.7 Å². The molecule has 0 aliphatic carbocycles. The predicted octanol–water partition coefficient (Wildman–Crippen LogP) is 3.73. The van der Waals surface area contributed by atoms with Crippen LogP contribution in [0.25, 0.3) is 0 Å². The third-order valence-electron chi connectivity index (χ3n) is 3.03. The van der Waals surface area contributed by atoms with Crippen molar-refractivity contribution < 1.29 is 22.6 Å². The van der Waals surface area contributed by atoms with Gasteiger partial charge in [-0.3, -0.25) is 4.99 Å². The van der Waals surface area contributed by atoms with Crippen LogP contribution in [0.4, 0.5) is 13.2 Å². The summed E-state index contributed by atoms with van der Waals surface area (Å²) in [6.45, 7) is 7.08. The highest BCUT2D eigenvalue weighted by atomic mass is 127. The molecule has 2 N–H and O–H groups in total. The summed E-state index contributed by atoms with van der Waals surface area (Å²) in [5, 5.41) is 5.96. The lowest BCUT2D eigenvalue weighted by Gasteiger charge is -2.13. The molecule has 0 radical (unpaired) electrons. The molecule has 0 bridgehead atoms. The van der Waals surface area contributed by atoms with Gasteiger partial charge in [-0.2, -0.15) is 13.2 Å². The lowest BCUT2D eigenvalue weighted by molar-refractivity contribution is -0.137. The van der Waals surface area contributed by atoms with Gasteiger partial charge >= 0.3 is 6.18 Å². The van der Waals surface area contributed by atoms with Crippen molar-refractivity contribution in [1.29, 1.82) is 0 Å². The van der Waals surface area contributed by atoms with Crippen LogP contribution in [0.3, 0.4) is 0 Å². The molecule has 1 aromatic heterocycles. The van der Waals surface area contributed by atoms with Crippen molar-refractivity contribution in [3.8, 4) is 5.88 Å². The van der Waals surface area contributed by atoms with E-state index in [0.29, 0.717) is 45.0 Å². The molecule has 0 spiro atoms. The Balaban J connectivity index is 0.00000676. The Labute approximate surface area is 179 Å². The summed E-state index contributed by atoms with van der Waals surface area (Å²) in [7, 11) is 0. The maximum absolute atomic E-state index is 12.6. The number of nitrogens with zero attached hydrogens (tertiary/aromatic N) is 2. The maximum atomic E-state index is 12.6. The van der Waals surface area contributed by atoms with Crippen molar-refractivity contribution in [3.63, 3.8) is 0 Å². The number of aliphatic imine (C=N–C) groups is 1. The zero-order valence-corrected chi connectivity index (χ0v) is 18.3. The van der Waals surface area contributed by atoms with Gasteiger partial charge in [0, 0.05) is 32.5 Å². The van der Waals surface area contributed by atoms with E-state index in [9.17, 15) is 13.2 Å². The minimum Gasteiger partial charge on any atom is -0.475 e. The van der Waals surface area contributed by atoms with Crippen LogP contribution >= 0.6 is 35.6 Å². The molecule has 1 rings (SSSR count). The number of aromatic nitrogens is 1. The second-order valence-corrected chi connectivity index (χ2v) is 5.50. The summed E-state index contributed by atoms with van der Waals surface area (Å²) in [4.78, 5) is 7.99. The lowest BCUT2D eigenvalue weighted by Crippen LogP contribution is -2.39. The first-order valence-corrected chi connectivity index (χ1v) is 8.71. The van der Waals surface area contributed by atoms with Crippen LogP contribution in [0.5, 0.6) is 5.88 Å². The summed E-state index contributed by atoms with van der Waals surface area (Å²) in [6.07, 6.45) is -2.99. The molecule has 0 saturated carbocycles. The summed E-state index contributed by atoms with van der Waals surface area (Å²) >= 11 is 5.78. The number of guanidine groups is 1. The van der Waals surface area contributed by atoms with Gasteiger partial charge in [-0.1, -0.05) is 11.6 Å². The zero-order chi connectivity index (χ0) is 19.4. The molecular weight excluding hydrogens is 500 g/mol. The Bertz CT molecular complexity index is 577. The Morgan fingerprint density at radius 2 is 2.00 bits per heavy atom. The van der Waals surface area contributed by atoms with Crippen molar-refractivity contribution in [2.75, 3.05) is 39.5 Å². The Morgan fingerprint density at radius 1 is 1.26 bits per heavy atom. The molecule has 156 valence electrons. The molecule has 0 unspecified atom stereocenters. The van der Waals surface area contributed by atoms with Crippen LogP contribution in [0.1, 0.15) is 25.8 Å².